The number of rotatable bonds is 5. The van der Waals surface area contributed by atoms with Gasteiger partial charge < -0.3 is 16.0 Å². The Balaban J connectivity index is 1.71. The molecule has 0 radical (unpaired) electrons. The lowest BCUT2D eigenvalue weighted by molar-refractivity contribution is -0.114. The second kappa shape index (κ2) is 7.63. The second-order valence-electron chi connectivity index (χ2n) is 5.25. The first-order valence-electron chi connectivity index (χ1n) is 7.59. The molecule has 0 saturated carbocycles. The predicted octanol–water partition coefficient (Wildman–Crippen LogP) is 4.58. The number of amides is 1. The average molecular weight is 354 g/mol. The molecule has 6 nitrogen and oxygen atoms in total. The molecule has 3 N–H and O–H groups in total. The van der Waals surface area contributed by atoms with Gasteiger partial charge in [-0.05, 0) is 42.5 Å². The number of anilines is 5. The molecular weight excluding hydrogens is 338 g/mol. The largest absolute Gasteiger partial charge is 0.340 e. The van der Waals surface area contributed by atoms with E-state index in [1.807, 2.05) is 42.5 Å². The number of aromatic nitrogens is 2. The minimum Gasteiger partial charge on any atom is -0.340 e. The van der Waals surface area contributed by atoms with Crippen LogP contribution >= 0.6 is 11.6 Å². The van der Waals surface area contributed by atoms with Gasteiger partial charge in [0.25, 0.3) is 0 Å². The maximum absolute atomic E-state index is 11.0. The molecule has 2 aromatic carbocycles. The van der Waals surface area contributed by atoms with Crippen molar-refractivity contribution in [3.63, 3.8) is 0 Å². The van der Waals surface area contributed by atoms with Gasteiger partial charge in [0.05, 0.1) is 10.7 Å². The van der Waals surface area contributed by atoms with E-state index in [-0.39, 0.29) is 5.91 Å². The van der Waals surface area contributed by atoms with Crippen molar-refractivity contribution in [2.24, 2.45) is 0 Å². The van der Waals surface area contributed by atoms with Crippen LogP contribution in [0.15, 0.2) is 60.8 Å². The van der Waals surface area contributed by atoms with Crippen LogP contribution in [0, 0.1) is 0 Å². The van der Waals surface area contributed by atoms with Crippen LogP contribution in [-0.2, 0) is 4.79 Å². The average Bonchev–Trinajstić information content (AvgIpc) is 2.59. The molecule has 1 amide bonds. The molecule has 0 aliphatic carbocycles. The Morgan fingerprint density at radius 2 is 1.68 bits per heavy atom. The summed E-state index contributed by atoms with van der Waals surface area (Å²) >= 11 is 6.13. The van der Waals surface area contributed by atoms with Gasteiger partial charge >= 0.3 is 0 Å². The maximum atomic E-state index is 11.0. The summed E-state index contributed by atoms with van der Waals surface area (Å²) in [6.07, 6.45) is 1.65. The molecule has 0 unspecified atom stereocenters. The fourth-order valence-corrected chi connectivity index (χ4v) is 2.34. The quantitative estimate of drug-likeness (QED) is 0.626. The number of benzene rings is 2. The van der Waals surface area contributed by atoms with Gasteiger partial charge in [-0.25, -0.2) is 4.98 Å². The van der Waals surface area contributed by atoms with Crippen LogP contribution in [0.1, 0.15) is 6.92 Å². The lowest BCUT2D eigenvalue weighted by Gasteiger charge is -2.10. The number of nitrogens with zero attached hydrogens (tertiary/aromatic N) is 2. The number of carbonyl (C=O) groups excluding carboxylic acids is 1. The topological polar surface area (TPSA) is 78.9 Å². The number of carbonyl (C=O) groups is 1. The van der Waals surface area contributed by atoms with Crippen molar-refractivity contribution in [2.45, 2.75) is 6.92 Å². The summed E-state index contributed by atoms with van der Waals surface area (Å²) in [5.41, 5.74) is 2.32. The molecule has 0 aliphatic rings. The predicted molar refractivity (Wildman–Crippen MR) is 101 cm³/mol. The minimum atomic E-state index is -0.105. The van der Waals surface area contributed by atoms with Gasteiger partial charge in [0.1, 0.15) is 5.82 Å². The molecule has 0 atom stereocenters. The Morgan fingerprint density at radius 3 is 2.40 bits per heavy atom. The molecule has 0 bridgehead atoms. The standard InChI is InChI=1S/C18H16ClN5O/c1-12(25)21-13-6-8-14(9-7-13)22-17-10-11-20-18(24-17)23-16-5-3-2-4-15(16)19/h2-11H,1H3,(H,21,25)(H2,20,22,23,24). The van der Waals surface area contributed by atoms with Gasteiger partial charge in [0, 0.05) is 24.5 Å². The lowest BCUT2D eigenvalue weighted by Crippen LogP contribution is -2.05. The number of para-hydroxylation sites is 1. The molecule has 0 saturated heterocycles. The van der Waals surface area contributed by atoms with Crippen LogP contribution in [-0.4, -0.2) is 15.9 Å². The van der Waals surface area contributed by atoms with E-state index in [4.69, 9.17) is 11.6 Å². The maximum Gasteiger partial charge on any atom is 0.229 e. The Hall–Kier alpha value is -3.12. The van der Waals surface area contributed by atoms with E-state index in [2.05, 4.69) is 25.9 Å². The van der Waals surface area contributed by atoms with E-state index >= 15 is 0 Å². The van der Waals surface area contributed by atoms with Crippen molar-refractivity contribution >= 4 is 46.3 Å². The third-order valence-electron chi connectivity index (χ3n) is 3.25. The molecule has 0 spiro atoms. The third-order valence-corrected chi connectivity index (χ3v) is 3.58. The van der Waals surface area contributed by atoms with Gasteiger partial charge in [-0.1, -0.05) is 23.7 Å². The normalized spacial score (nSPS) is 10.2. The van der Waals surface area contributed by atoms with Gasteiger partial charge in [0.15, 0.2) is 0 Å². The zero-order valence-corrected chi connectivity index (χ0v) is 14.2. The molecule has 3 rings (SSSR count). The highest BCUT2D eigenvalue weighted by molar-refractivity contribution is 6.33. The van der Waals surface area contributed by atoms with Crippen LogP contribution < -0.4 is 16.0 Å². The van der Waals surface area contributed by atoms with Crippen LogP contribution in [0.2, 0.25) is 5.02 Å². The lowest BCUT2D eigenvalue weighted by atomic mass is 10.2. The molecule has 1 heterocycles. The first-order chi connectivity index (χ1) is 12.1. The summed E-state index contributed by atoms with van der Waals surface area (Å²) < 4.78 is 0. The number of halogens is 1. The van der Waals surface area contributed by atoms with E-state index < -0.39 is 0 Å². The fourth-order valence-electron chi connectivity index (χ4n) is 2.16. The summed E-state index contributed by atoms with van der Waals surface area (Å²) in [6.45, 7) is 1.47. The second-order valence-corrected chi connectivity index (χ2v) is 5.66. The SMILES string of the molecule is CC(=O)Nc1ccc(Nc2ccnc(Nc3ccccc3Cl)n2)cc1. The van der Waals surface area contributed by atoms with E-state index in [1.165, 1.54) is 6.92 Å². The number of hydrogen-bond donors (Lipinski definition) is 3. The highest BCUT2D eigenvalue weighted by atomic mass is 35.5. The molecule has 0 aliphatic heterocycles. The van der Waals surface area contributed by atoms with Gasteiger partial charge in [-0.2, -0.15) is 4.98 Å². The van der Waals surface area contributed by atoms with Crippen LogP contribution in [0.4, 0.5) is 28.8 Å². The molecule has 0 fully saturated rings. The Bertz CT molecular complexity index is 883. The first-order valence-corrected chi connectivity index (χ1v) is 7.97. The van der Waals surface area contributed by atoms with E-state index in [1.54, 1.807) is 18.3 Å². The zero-order valence-electron chi connectivity index (χ0n) is 13.5. The van der Waals surface area contributed by atoms with Crippen LogP contribution in [0.25, 0.3) is 0 Å². The smallest absolute Gasteiger partial charge is 0.229 e. The van der Waals surface area contributed by atoms with Crippen molar-refractivity contribution in [1.82, 2.24) is 9.97 Å². The first kappa shape index (κ1) is 16.7. The molecule has 3 aromatic rings. The van der Waals surface area contributed by atoms with Crippen LogP contribution in [0.5, 0.6) is 0 Å². The fraction of sp³-hybridized carbons (Fsp3) is 0.0556. The summed E-state index contributed by atoms with van der Waals surface area (Å²) in [4.78, 5) is 19.6. The number of nitrogens with one attached hydrogen (secondary N) is 3. The molecular formula is C18H16ClN5O. The van der Waals surface area contributed by atoms with Gasteiger partial charge in [-0.15, -0.1) is 0 Å². The van der Waals surface area contributed by atoms with Gasteiger partial charge in [-0.3, -0.25) is 4.79 Å². The van der Waals surface area contributed by atoms with Crippen molar-refractivity contribution < 1.29 is 4.79 Å². The molecule has 7 heteroatoms. The van der Waals surface area contributed by atoms with Crippen LogP contribution in [0.3, 0.4) is 0 Å². The van der Waals surface area contributed by atoms with E-state index in [9.17, 15) is 4.79 Å². The minimum absolute atomic E-state index is 0.105. The monoisotopic (exact) mass is 353 g/mol. The summed E-state index contributed by atoms with van der Waals surface area (Å²) in [5.74, 6) is 0.969. The van der Waals surface area contributed by atoms with Crippen molar-refractivity contribution in [3.8, 4) is 0 Å². The van der Waals surface area contributed by atoms with E-state index in [0.717, 1.165) is 17.1 Å². The molecule has 126 valence electrons. The summed E-state index contributed by atoms with van der Waals surface area (Å²) in [7, 11) is 0. The Morgan fingerprint density at radius 1 is 0.960 bits per heavy atom. The summed E-state index contributed by atoms with van der Waals surface area (Å²) in [5, 5.41) is 9.59. The summed E-state index contributed by atoms with van der Waals surface area (Å²) in [6, 6.07) is 16.5. The van der Waals surface area contributed by atoms with E-state index in [0.29, 0.717) is 16.8 Å². The highest BCUT2D eigenvalue weighted by Crippen LogP contribution is 2.24. The Labute approximate surface area is 150 Å². The third kappa shape index (κ3) is 4.68. The molecule has 1 aromatic heterocycles. The van der Waals surface area contributed by atoms with Gasteiger partial charge in [0.2, 0.25) is 11.9 Å². The van der Waals surface area contributed by atoms with Crippen molar-refractivity contribution in [3.05, 3.63) is 65.8 Å². The van der Waals surface area contributed by atoms with Crippen molar-refractivity contribution in [2.75, 3.05) is 16.0 Å². The zero-order chi connectivity index (χ0) is 17.6. The number of hydrogen-bond acceptors (Lipinski definition) is 5. The van der Waals surface area contributed by atoms with Crippen molar-refractivity contribution in [1.29, 1.82) is 0 Å². The molecule has 25 heavy (non-hydrogen) atoms. The highest BCUT2D eigenvalue weighted by Gasteiger charge is 2.04. The Kier molecular flexibility index (Phi) is 5.11.